The van der Waals surface area contributed by atoms with E-state index in [2.05, 4.69) is 5.32 Å². The molecule has 0 aliphatic rings. The lowest BCUT2D eigenvalue weighted by Crippen LogP contribution is -2.39. The number of nitrogens with zero attached hydrogens (tertiary/aromatic N) is 1. The second-order valence-electron chi connectivity index (χ2n) is 5.75. The molecular weight excluding hydrogens is 260 g/mol. The zero-order valence-corrected chi connectivity index (χ0v) is 11.9. The summed E-state index contributed by atoms with van der Waals surface area (Å²) in [4.78, 5) is 22.1. The van der Waals surface area contributed by atoms with Crippen LogP contribution in [0.5, 0.6) is 0 Å². The van der Waals surface area contributed by atoms with E-state index < -0.39 is 11.0 Å². The molecule has 1 aromatic rings. The van der Waals surface area contributed by atoms with Gasteiger partial charge in [-0.05, 0) is 5.41 Å². The number of benzene rings is 1. The minimum atomic E-state index is -0.669. The minimum Gasteiger partial charge on any atom is -0.391 e. The van der Waals surface area contributed by atoms with Gasteiger partial charge >= 0.3 is 0 Å². The average Bonchev–Trinajstić information content (AvgIpc) is 2.35. The molecule has 0 aromatic heterocycles. The van der Waals surface area contributed by atoms with E-state index in [1.165, 1.54) is 6.07 Å². The first-order valence-corrected chi connectivity index (χ1v) is 6.39. The number of nitro benzene ring substituents is 1. The number of nitrogens with one attached hydrogen (secondary N) is 1. The molecule has 110 valence electrons. The highest BCUT2D eigenvalue weighted by Crippen LogP contribution is 2.19. The van der Waals surface area contributed by atoms with E-state index in [0.717, 1.165) is 0 Å². The zero-order valence-electron chi connectivity index (χ0n) is 11.9. The number of carbonyl (C=O) groups excluding carboxylic acids is 1. The van der Waals surface area contributed by atoms with E-state index in [9.17, 15) is 20.0 Å². The summed E-state index contributed by atoms with van der Waals surface area (Å²) in [6.07, 6.45) is -0.745. The van der Waals surface area contributed by atoms with E-state index in [-0.39, 0.29) is 30.0 Å². The van der Waals surface area contributed by atoms with Gasteiger partial charge in [-0.1, -0.05) is 39.0 Å². The van der Waals surface area contributed by atoms with Gasteiger partial charge < -0.3 is 10.4 Å². The van der Waals surface area contributed by atoms with Crippen molar-refractivity contribution in [3.8, 4) is 0 Å². The first-order chi connectivity index (χ1) is 9.21. The highest BCUT2D eigenvalue weighted by atomic mass is 16.6. The molecule has 1 rings (SSSR count). The SMILES string of the molecule is CC(C)(C)C(O)CNC(=O)Cc1ccccc1[N+](=O)[O-]. The predicted molar refractivity (Wildman–Crippen MR) is 75.3 cm³/mol. The summed E-state index contributed by atoms with van der Waals surface area (Å²) < 4.78 is 0. The molecule has 6 heteroatoms. The van der Waals surface area contributed by atoms with Crippen LogP contribution in [-0.2, 0) is 11.2 Å². The lowest BCUT2D eigenvalue weighted by Gasteiger charge is -2.25. The smallest absolute Gasteiger partial charge is 0.273 e. The third-order valence-corrected chi connectivity index (χ3v) is 3.03. The standard InChI is InChI=1S/C14H20N2O4/c1-14(2,3)12(17)9-15-13(18)8-10-6-4-5-7-11(10)16(19)20/h4-7,12,17H,8-9H2,1-3H3,(H,15,18). The van der Waals surface area contributed by atoms with Crippen LogP contribution in [0.3, 0.4) is 0 Å². The normalized spacial score (nSPS) is 12.8. The van der Waals surface area contributed by atoms with Gasteiger partial charge in [0.05, 0.1) is 17.4 Å². The Hall–Kier alpha value is -1.95. The van der Waals surface area contributed by atoms with Crippen molar-refractivity contribution in [3.63, 3.8) is 0 Å². The van der Waals surface area contributed by atoms with Gasteiger partial charge in [-0.2, -0.15) is 0 Å². The number of amides is 1. The number of aliphatic hydroxyl groups excluding tert-OH is 1. The van der Waals surface area contributed by atoms with Crippen molar-refractivity contribution in [2.45, 2.75) is 33.3 Å². The Balaban J connectivity index is 2.62. The number of hydrogen-bond acceptors (Lipinski definition) is 4. The molecule has 0 fully saturated rings. The second kappa shape index (κ2) is 6.47. The molecule has 0 bridgehead atoms. The van der Waals surface area contributed by atoms with Gasteiger partial charge in [-0.3, -0.25) is 14.9 Å². The third kappa shape index (κ3) is 4.62. The molecule has 20 heavy (non-hydrogen) atoms. The van der Waals surface area contributed by atoms with Gasteiger partial charge in [0.15, 0.2) is 0 Å². The predicted octanol–water partition coefficient (Wildman–Crippen LogP) is 1.66. The van der Waals surface area contributed by atoms with Gasteiger partial charge in [0.1, 0.15) is 0 Å². The Labute approximate surface area is 118 Å². The van der Waals surface area contributed by atoms with Crippen LogP contribution in [0, 0.1) is 15.5 Å². The van der Waals surface area contributed by atoms with Crippen molar-refractivity contribution in [2.24, 2.45) is 5.41 Å². The molecule has 0 heterocycles. The van der Waals surface area contributed by atoms with Crippen LogP contribution in [0.15, 0.2) is 24.3 Å². The van der Waals surface area contributed by atoms with Crippen molar-refractivity contribution < 1.29 is 14.8 Å². The Morgan fingerprint density at radius 3 is 2.55 bits per heavy atom. The molecule has 0 spiro atoms. The van der Waals surface area contributed by atoms with E-state index in [4.69, 9.17) is 0 Å². The van der Waals surface area contributed by atoms with E-state index >= 15 is 0 Å². The Kier molecular flexibility index (Phi) is 5.21. The first-order valence-electron chi connectivity index (χ1n) is 6.39. The van der Waals surface area contributed by atoms with Crippen LogP contribution in [0.1, 0.15) is 26.3 Å². The monoisotopic (exact) mass is 280 g/mol. The van der Waals surface area contributed by atoms with Gasteiger partial charge in [0.2, 0.25) is 5.91 Å². The summed E-state index contributed by atoms with van der Waals surface area (Å²) in [6, 6.07) is 6.13. The fraction of sp³-hybridized carbons (Fsp3) is 0.500. The second-order valence-corrected chi connectivity index (χ2v) is 5.75. The molecule has 0 saturated carbocycles. The summed E-state index contributed by atoms with van der Waals surface area (Å²) in [5.41, 5.74) is -0.0364. The summed E-state index contributed by atoms with van der Waals surface area (Å²) in [5, 5.41) is 23.2. The Morgan fingerprint density at radius 2 is 2.00 bits per heavy atom. The number of aliphatic hydroxyl groups is 1. The molecule has 6 nitrogen and oxygen atoms in total. The zero-order chi connectivity index (χ0) is 15.3. The Bertz CT molecular complexity index is 494. The van der Waals surface area contributed by atoms with E-state index in [1.807, 2.05) is 20.8 Å². The van der Waals surface area contributed by atoms with Gasteiger partial charge in [0, 0.05) is 18.2 Å². The number of para-hydroxylation sites is 1. The van der Waals surface area contributed by atoms with E-state index in [1.54, 1.807) is 18.2 Å². The van der Waals surface area contributed by atoms with E-state index in [0.29, 0.717) is 5.56 Å². The lowest BCUT2D eigenvalue weighted by atomic mass is 9.89. The fourth-order valence-electron chi connectivity index (χ4n) is 1.59. The molecule has 0 radical (unpaired) electrons. The summed E-state index contributed by atoms with van der Waals surface area (Å²) in [7, 11) is 0. The summed E-state index contributed by atoms with van der Waals surface area (Å²) >= 11 is 0. The maximum Gasteiger partial charge on any atom is 0.273 e. The van der Waals surface area contributed by atoms with Gasteiger partial charge in [-0.25, -0.2) is 0 Å². The largest absolute Gasteiger partial charge is 0.391 e. The molecule has 1 atom stereocenters. The quantitative estimate of drug-likeness (QED) is 0.633. The lowest BCUT2D eigenvalue weighted by molar-refractivity contribution is -0.385. The van der Waals surface area contributed by atoms with Crippen LogP contribution in [0.25, 0.3) is 0 Å². The molecule has 0 saturated heterocycles. The number of hydrogen-bond donors (Lipinski definition) is 2. The molecule has 0 aliphatic carbocycles. The topological polar surface area (TPSA) is 92.5 Å². The van der Waals surface area contributed by atoms with Crippen LogP contribution in [0.4, 0.5) is 5.69 Å². The highest BCUT2D eigenvalue weighted by molar-refractivity contribution is 5.79. The van der Waals surface area contributed by atoms with Gasteiger partial charge in [0.25, 0.3) is 5.69 Å². The molecular formula is C14H20N2O4. The number of rotatable bonds is 5. The summed E-state index contributed by atoms with van der Waals surface area (Å²) in [5.74, 6) is -0.345. The molecule has 2 N–H and O–H groups in total. The number of carbonyl (C=O) groups is 1. The Morgan fingerprint density at radius 1 is 1.40 bits per heavy atom. The first kappa shape index (κ1) is 16.1. The average molecular weight is 280 g/mol. The fourth-order valence-corrected chi connectivity index (χ4v) is 1.59. The van der Waals surface area contributed by atoms with Crippen molar-refractivity contribution in [1.82, 2.24) is 5.32 Å². The molecule has 1 unspecified atom stereocenters. The van der Waals surface area contributed by atoms with Crippen LogP contribution in [0.2, 0.25) is 0 Å². The van der Waals surface area contributed by atoms with Crippen LogP contribution >= 0.6 is 0 Å². The van der Waals surface area contributed by atoms with Crippen LogP contribution in [-0.4, -0.2) is 28.6 Å². The molecule has 1 aromatic carbocycles. The van der Waals surface area contributed by atoms with Crippen molar-refractivity contribution in [3.05, 3.63) is 39.9 Å². The van der Waals surface area contributed by atoms with Crippen molar-refractivity contribution in [1.29, 1.82) is 0 Å². The maximum atomic E-state index is 11.8. The summed E-state index contributed by atoms with van der Waals surface area (Å²) in [6.45, 7) is 5.73. The van der Waals surface area contributed by atoms with Crippen LogP contribution < -0.4 is 5.32 Å². The van der Waals surface area contributed by atoms with Crippen molar-refractivity contribution >= 4 is 11.6 Å². The third-order valence-electron chi connectivity index (χ3n) is 3.03. The highest BCUT2D eigenvalue weighted by Gasteiger charge is 2.23. The molecule has 0 aliphatic heterocycles. The van der Waals surface area contributed by atoms with Gasteiger partial charge in [-0.15, -0.1) is 0 Å². The number of nitro groups is 1. The maximum absolute atomic E-state index is 11.8. The molecule has 1 amide bonds. The van der Waals surface area contributed by atoms with Crippen molar-refractivity contribution in [2.75, 3.05) is 6.54 Å². The minimum absolute atomic E-state index is 0.0704.